The van der Waals surface area contributed by atoms with Crippen molar-refractivity contribution in [2.24, 2.45) is 0 Å². The number of hydrogen-bond acceptors (Lipinski definition) is 3. The first kappa shape index (κ1) is 15.2. The average Bonchev–Trinajstić information content (AvgIpc) is 2.52. The average molecular weight is 304 g/mol. The summed E-state index contributed by atoms with van der Waals surface area (Å²) in [4.78, 5) is 21.1. The highest BCUT2D eigenvalue weighted by Crippen LogP contribution is 2.34. The van der Waals surface area contributed by atoms with E-state index in [2.05, 4.69) is 5.32 Å². The summed E-state index contributed by atoms with van der Waals surface area (Å²) in [7, 11) is -2.60. The van der Waals surface area contributed by atoms with E-state index in [0.29, 0.717) is 5.56 Å². The third-order valence-electron chi connectivity index (χ3n) is 2.80. The molecule has 0 aromatic heterocycles. The molecule has 0 saturated carbocycles. The van der Waals surface area contributed by atoms with Gasteiger partial charge >= 0.3 is 14.1 Å². The van der Waals surface area contributed by atoms with E-state index < -0.39 is 19.9 Å². The van der Waals surface area contributed by atoms with Crippen molar-refractivity contribution in [2.75, 3.05) is 0 Å². The van der Waals surface area contributed by atoms with Crippen molar-refractivity contribution in [1.82, 2.24) is 5.32 Å². The maximum atomic E-state index is 11.7. The van der Waals surface area contributed by atoms with Gasteiger partial charge in [0.05, 0.1) is 0 Å². The summed E-state index contributed by atoms with van der Waals surface area (Å²) in [5.41, 5.74) is 1.40. The van der Waals surface area contributed by atoms with Crippen LogP contribution in [-0.4, -0.2) is 11.0 Å². The zero-order valence-corrected chi connectivity index (χ0v) is 12.1. The number of carbonyl (C=O) groups is 1. The summed E-state index contributed by atoms with van der Waals surface area (Å²) < 4.78 is 16.4. The first-order valence-corrected chi connectivity index (χ1v) is 7.62. The van der Waals surface area contributed by atoms with Gasteiger partial charge in [-0.3, -0.25) is 5.32 Å². The molecule has 1 amide bonds. The number of nitrogens with one attached hydrogen (secondary N) is 1. The molecule has 108 valence electrons. The molecule has 0 bridgehead atoms. The van der Waals surface area contributed by atoms with Crippen LogP contribution < -0.4 is 5.32 Å². The fourth-order valence-corrected chi connectivity index (χ4v) is 2.42. The Morgan fingerprint density at radius 1 is 1.10 bits per heavy atom. The summed E-state index contributed by atoms with van der Waals surface area (Å²) in [5, 5.41) is 2.41. The van der Waals surface area contributed by atoms with Crippen LogP contribution in [0.15, 0.2) is 60.7 Å². The van der Waals surface area contributed by atoms with Gasteiger partial charge < -0.3 is 4.74 Å². The SMILES string of the molecule is O=C(N[C@H](c1ccccc1)[P+](=O)O)OCc1ccccc1. The molecule has 0 fully saturated rings. The van der Waals surface area contributed by atoms with E-state index in [1.165, 1.54) is 0 Å². The number of rotatable bonds is 5. The molecule has 2 N–H and O–H groups in total. The zero-order valence-electron chi connectivity index (χ0n) is 11.2. The molecule has 0 heterocycles. The quantitative estimate of drug-likeness (QED) is 0.831. The second kappa shape index (κ2) is 7.53. The van der Waals surface area contributed by atoms with Gasteiger partial charge in [-0.2, -0.15) is 4.89 Å². The number of amides is 1. The Bertz CT molecular complexity index is 604. The van der Waals surface area contributed by atoms with Crippen LogP contribution in [0.5, 0.6) is 0 Å². The Balaban J connectivity index is 1.95. The Labute approximate surface area is 123 Å². The summed E-state index contributed by atoms with van der Waals surface area (Å²) >= 11 is 0. The second-order valence-corrected chi connectivity index (χ2v) is 5.44. The summed E-state index contributed by atoms with van der Waals surface area (Å²) in [5.74, 6) is -0.982. The lowest BCUT2D eigenvalue weighted by atomic mass is 10.2. The molecule has 6 heteroatoms. The molecular weight excluding hydrogens is 289 g/mol. The maximum absolute atomic E-state index is 11.7. The number of alkyl carbamates (subject to hydrolysis) is 1. The molecule has 0 spiro atoms. The minimum atomic E-state index is -2.60. The van der Waals surface area contributed by atoms with Gasteiger partial charge in [0.2, 0.25) is 0 Å². The molecular formula is C15H15NO4P+. The van der Waals surface area contributed by atoms with Gasteiger partial charge in [0.25, 0.3) is 5.78 Å². The van der Waals surface area contributed by atoms with Gasteiger partial charge in [-0.15, -0.1) is 0 Å². The van der Waals surface area contributed by atoms with E-state index in [1.54, 1.807) is 30.3 Å². The van der Waals surface area contributed by atoms with Gasteiger partial charge in [0.15, 0.2) is 0 Å². The van der Waals surface area contributed by atoms with E-state index in [0.717, 1.165) is 5.56 Å². The topological polar surface area (TPSA) is 75.6 Å². The van der Waals surface area contributed by atoms with Crippen molar-refractivity contribution in [3.8, 4) is 0 Å². The Morgan fingerprint density at radius 2 is 1.67 bits per heavy atom. The van der Waals surface area contributed by atoms with Crippen LogP contribution in [0, 0.1) is 0 Å². The van der Waals surface area contributed by atoms with Gasteiger partial charge in [0, 0.05) is 5.56 Å². The Kier molecular flexibility index (Phi) is 5.43. The van der Waals surface area contributed by atoms with Gasteiger partial charge in [0.1, 0.15) is 6.61 Å². The molecule has 2 aromatic rings. The van der Waals surface area contributed by atoms with E-state index in [1.807, 2.05) is 30.3 Å². The van der Waals surface area contributed by atoms with Crippen LogP contribution >= 0.6 is 8.03 Å². The molecule has 2 rings (SSSR count). The molecule has 1 unspecified atom stereocenters. The van der Waals surface area contributed by atoms with Crippen LogP contribution in [0.1, 0.15) is 16.9 Å². The smallest absolute Gasteiger partial charge is 0.445 e. The van der Waals surface area contributed by atoms with Crippen molar-refractivity contribution >= 4 is 14.1 Å². The lowest BCUT2D eigenvalue weighted by Gasteiger charge is -2.09. The van der Waals surface area contributed by atoms with Crippen molar-refractivity contribution in [3.63, 3.8) is 0 Å². The maximum Gasteiger partial charge on any atom is 0.535 e. The molecule has 2 atom stereocenters. The van der Waals surface area contributed by atoms with E-state index in [-0.39, 0.29) is 6.61 Å². The monoisotopic (exact) mass is 304 g/mol. The standard InChI is InChI=1S/C15H14NO4P/c17-15(20-11-12-7-3-1-4-8-12)16-14(21(18)19)13-9-5-2-6-10-13/h1-10,14H,11H2,(H-,16,17,18,19)/p+1/t14-/m0/s1. The number of ether oxygens (including phenoxy) is 1. The fraction of sp³-hybridized carbons (Fsp3) is 0.133. The third kappa shape index (κ3) is 4.67. The highest BCUT2D eigenvalue weighted by molar-refractivity contribution is 7.38. The minimum absolute atomic E-state index is 0.108. The van der Waals surface area contributed by atoms with E-state index >= 15 is 0 Å². The molecule has 21 heavy (non-hydrogen) atoms. The second-order valence-electron chi connectivity index (χ2n) is 4.32. The minimum Gasteiger partial charge on any atom is -0.445 e. The normalized spacial score (nSPS) is 12.3. The fourth-order valence-electron chi connectivity index (χ4n) is 1.78. The van der Waals surface area contributed by atoms with Crippen LogP contribution in [0.25, 0.3) is 0 Å². The molecule has 2 aromatic carbocycles. The number of carbonyl (C=O) groups excluding carboxylic acids is 1. The Hall–Kier alpha value is -2.23. The summed E-state index contributed by atoms with van der Waals surface area (Å²) in [6, 6.07) is 17.8. The first-order valence-electron chi connectivity index (χ1n) is 6.34. The van der Waals surface area contributed by atoms with Gasteiger partial charge in [-0.25, -0.2) is 4.79 Å². The van der Waals surface area contributed by atoms with Crippen molar-refractivity contribution < 1.29 is 19.0 Å². The van der Waals surface area contributed by atoms with Crippen LogP contribution in [0.2, 0.25) is 0 Å². The van der Waals surface area contributed by atoms with Crippen LogP contribution in [-0.2, 0) is 15.9 Å². The van der Waals surface area contributed by atoms with Gasteiger partial charge in [-0.1, -0.05) is 60.7 Å². The van der Waals surface area contributed by atoms with Gasteiger partial charge in [-0.05, 0) is 10.1 Å². The zero-order chi connectivity index (χ0) is 15.1. The third-order valence-corrected chi connectivity index (χ3v) is 3.67. The lowest BCUT2D eigenvalue weighted by Crippen LogP contribution is -2.27. The molecule has 0 aliphatic rings. The predicted octanol–water partition coefficient (Wildman–Crippen LogP) is 3.35. The predicted molar refractivity (Wildman–Crippen MR) is 78.8 cm³/mol. The van der Waals surface area contributed by atoms with Crippen LogP contribution in [0.4, 0.5) is 4.79 Å². The van der Waals surface area contributed by atoms with Crippen molar-refractivity contribution in [2.45, 2.75) is 12.4 Å². The first-order chi connectivity index (χ1) is 10.2. The van der Waals surface area contributed by atoms with Crippen molar-refractivity contribution in [3.05, 3.63) is 71.8 Å². The largest absolute Gasteiger partial charge is 0.535 e. The summed E-state index contributed by atoms with van der Waals surface area (Å²) in [6.07, 6.45) is -0.731. The highest BCUT2D eigenvalue weighted by Gasteiger charge is 2.33. The number of hydrogen-bond donors (Lipinski definition) is 2. The lowest BCUT2D eigenvalue weighted by molar-refractivity contribution is 0.138. The molecule has 5 nitrogen and oxygen atoms in total. The molecule has 0 radical (unpaired) electrons. The summed E-state index contributed by atoms with van der Waals surface area (Å²) in [6.45, 7) is 0.108. The molecule has 0 aliphatic heterocycles. The van der Waals surface area contributed by atoms with Crippen LogP contribution in [0.3, 0.4) is 0 Å². The highest BCUT2D eigenvalue weighted by atomic mass is 31.1. The Morgan fingerprint density at radius 3 is 2.24 bits per heavy atom. The number of benzene rings is 2. The molecule has 0 saturated heterocycles. The van der Waals surface area contributed by atoms with E-state index in [9.17, 15) is 14.3 Å². The molecule has 0 aliphatic carbocycles. The van der Waals surface area contributed by atoms with E-state index in [4.69, 9.17) is 4.74 Å². The van der Waals surface area contributed by atoms with Crippen molar-refractivity contribution in [1.29, 1.82) is 0 Å².